The number of esters is 2. The topological polar surface area (TPSA) is 158 Å². The van der Waals surface area contributed by atoms with Crippen molar-refractivity contribution in [3.05, 3.63) is 105 Å². The predicted octanol–water partition coefficient (Wildman–Crippen LogP) is 5.41. The van der Waals surface area contributed by atoms with E-state index in [4.69, 9.17) is 16.2 Å². The van der Waals surface area contributed by atoms with Gasteiger partial charge in [-0.3, -0.25) is 4.98 Å². The fraction of sp³-hybridized carbons (Fsp3) is 0.214. The van der Waals surface area contributed by atoms with Gasteiger partial charge in [0.25, 0.3) is 0 Å². The van der Waals surface area contributed by atoms with E-state index in [-0.39, 0.29) is 22.5 Å². The van der Waals surface area contributed by atoms with Crippen molar-refractivity contribution in [2.24, 2.45) is 0 Å². The molecule has 0 aliphatic rings. The monoisotopic (exact) mass is 509 g/mol. The molecule has 4 aromatic rings. The summed E-state index contributed by atoms with van der Waals surface area (Å²) in [5.74, 6) is -2.32. The second kappa shape index (κ2) is 17.7. The Balaban J connectivity index is 0.000000618. The molecule has 0 saturated carbocycles. The number of nitrogen functional groups attached to an aromatic ring is 2. The van der Waals surface area contributed by atoms with Crippen molar-refractivity contribution in [2.45, 2.75) is 41.5 Å². The first kappa shape index (κ1) is 32.3. The van der Waals surface area contributed by atoms with E-state index in [1.807, 2.05) is 41.5 Å². The predicted molar refractivity (Wildman–Crippen MR) is 149 cm³/mol. The number of fused-ring (bicyclic) bond motifs is 1. The van der Waals surface area contributed by atoms with Gasteiger partial charge in [0.2, 0.25) is 0 Å². The van der Waals surface area contributed by atoms with Crippen molar-refractivity contribution in [3.63, 3.8) is 0 Å². The van der Waals surface area contributed by atoms with Gasteiger partial charge in [-0.05, 0) is 36.4 Å². The van der Waals surface area contributed by atoms with Gasteiger partial charge in [-0.25, -0.2) is 19.2 Å². The molecule has 1 heterocycles. The molecule has 0 unspecified atom stereocenters. The molecule has 4 rings (SSSR count). The maximum Gasteiger partial charge on any atom is 0.419 e. The van der Waals surface area contributed by atoms with E-state index in [0.29, 0.717) is 10.9 Å². The summed E-state index contributed by atoms with van der Waals surface area (Å²) < 4.78 is 9.07. The summed E-state index contributed by atoms with van der Waals surface area (Å²) in [7, 11) is 0. The first-order valence-electron chi connectivity index (χ1n) is 11.9. The largest absolute Gasteiger partial charge is 0.419 e. The Bertz CT molecular complexity index is 1320. The number of carbonyl (C=O) groups is 2. The van der Waals surface area contributed by atoms with Crippen molar-refractivity contribution in [2.75, 3.05) is 11.5 Å². The summed E-state index contributed by atoms with van der Waals surface area (Å²) in [4.78, 5) is 47.7. The molecule has 0 aliphatic heterocycles. The first-order valence-corrected chi connectivity index (χ1v) is 11.9. The van der Waals surface area contributed by atoms with Gasteiger partial charge in [0.15, 0.2) is 0 Å². The maximum atomic E-state index is 11.8. The van der Waals surface area contributed by atoms with Crippen LogP contribution in [0.3, 0.4) is 0 Å². The van der Waals surface area contributed by atoms with Crippen LogP contribution in [-0.4, -0.2) is 16.9 Å². The molecule has 5 N–H and O–H groups in total. The number of H-pyrrole nitrogens is 1. The van der Waals surface area contributed by atoms with Crippen LogP contribution in [0.5, 0.6) is 0 Å². The highest BCUT2D eigenvalue weighted by molar-refractivity contribution is 6.06. The summed E-state index contributed by atoms with van der Waals surface area (Å²) in [5, 5.41) is 0.386. The van der Waals surface area contributed by atoms with E-state index >= 15 is 0 Å². The summed E-state index contributed by atoms with van der Waals surface area (Å²) in [5.41, 5.74) is 11.9. The second-order valence-corrected chi connectivity index (χ2v) is 6.20. The number of hydrogen-bond donors (Lipinski definition) is 3. The number of aromatic amines is 1. The Hall–Kier alpha value is -4.66. The van der Waals surface area contributed by atoms with E-state index in [0.717, 1.165) is 0 Å². The van der Waals surface area contributed by atoms with Crippen LogP contribution < -0.4 is 22.8 Å². The van der Waals surface area contributed by atoms with Crippen LogP contribution in [-0.2, 0) is 4.74 Å². The van der Waals surface area contributed by atoms with Crippen LogP contribution in [0.1, 0.15) is 62.3 Å². The lowest BCUT2D eigenvalue weighted by molar-refractivity contribution is 0.0399. The molecule has 0 atom stereocenters. The number of para-hydroxylation sites is 3. The van der Waals surface area contributed by atoms with Crippen LogP contribution in [0.15, 0.2) is 86.8 Å². The average Bonchev–Trinajstić information content (AvgIpc) is 2.93. The number of anilines is 2. The lowest BCUT2D eigenvalue weighted by Crippen LogP contribution is -2.15. The summed E-state index contributed by atoms with van der Waals surface area (Å²) in [6.07, 6.45) is 0. The van der Waals surface area contributed by atoms with Crippen LogP contribution in [0.25, 0.3) is 10.9 Å². The van der Waals surface area contributed by atoms with E-state index in [9.17, 15) is 19.2 Å². The Morgan fingerprint density at radius 2 is 1.08 bits per heavy atom. The van der Waals surface area contributed by atoms with Crippen LogP contribution in [0, 0.1) is 0 Å². The van der Waals surface area contributed by atoms with Crippen LogP contribution in [0.4, 0.5) is 11.4 Å². The van der Waals surface area contributed by atoms with Gasteiger partial charge in [0.05, 0.1) is 22.0 Å². The van der Waals surface area contributed by atoms with Gasteiger partial charge >= 0.3 is 23.3 Å². The summed E-state index contributed by atoms with van der Waals surface area (Å²) in [6, 6.07) is 19.4. The molecule has 3 aromatic carbocycles. The van der Waals surface area contributed by atoms with Gasteiger partial charge in [0, 0.05) is 11.4 Å². The van der Waals surface area contributed by atoms with Gasteiger partial charge in [0.1, 0.15) is 0 Å². The van der Waals surface area contributed by atoms with E-state index < -0.39 is 23.3 Å². The molecule has 0 amide bonds. The zero-order valence-corrected chi connectivity index (χ0v) is 22.0. The molecule has 37 heavy (non-hydrogen) atoms. The standard InChI is InChI=1S/C14H12N2O3.C8H5NO3.3C2H6/c15-11-7-3-1-5-9(11)13(17)19-14(18)10-6-2-4-8-12(10)16;10-7-5-3-1-2-4-6(5)9-8(11)12-7;3*1-2/h1-8H,15-16H2;1-4H,(H,9,11);3*1-2H3. The highest BCUT2D eigenvalue weighted by Gasteiger charge is 2.18. The molecule has 0 spiro atoms. The van der Waals surface area contributed by atoms with Gasteiger partial charge < -0.3 is 20.6 Å². The Morgan fingerprint density at radius 3 is 1.54 bits per heavy atom. The minimum atomic E-state index is -0.800. The fourth-order valence-corrected chi connectivity index (χ4v) is 2.60. The van der Waals surface area contributed by atoms with E-state index in [1.165, 1.54) is 12.1 Å². The smallest absolute Gasteiger partial charge is 0.398 e. The quantitative estimate of drug-likeness (QED) is 0.184. The molecule has 0 fully saturated rings. The van der Waals surface area contributed by atoms with Crippen molar-refractivity contribution in [3.8, 4) is 0 Å². The molecule has 9 heteroatoms. The number of rotatable bonds is 2. The number of ether oxygens (including phenoxy) is 1. The lowest BCUT2D eigenvalue weighted by Gasteiger charge is -2.06. The average molecular weight is 510 g/mol. The Kier molecular flexibility index (Phi) is 15.5. The minimum absolute atomic E-state index is 0.144. The summed E-state index contributed by atoms with van der Waals surface area (Å²) in [6.45, 7) is 12.0. The number of nitrogens with one attached hydrogen (secondary N) is 1. The van der Waals surface area contributed by atoms with Crippen molar-refractivity contribution >= 4 is 34.2 Å². The van der Waals surface area contributed by atoms with Crippen molar-refractivity contribution < 1.29 is 18.7 Å². The molecule has 0 bridgehead atoms. The summed E-state index contributed by atoms with van der Waals surface area (Å²) >= 11 is 0. The van der Waals surface area contributed by atoms with Crippen LogP contribution >= 0.6 is 0 Å². The third-order valence-electron chi connectivity index (χ3n) is 4.12. The molecular weight excluding hydrogens is 474 g/mol. The van der Waals surface area contributed by atoms with Gasteiger partial charge in [-0.1, -0.05) is 77.9 Å². The Labute approximate surface area is 216 Å². The van der Waals surface area contributed by atoms with Gasteiger partial charge in [-0.15, -0.1) is 0 Å². The first-order chi connectivity index (χ1) is 17.9. The molecule has 1 aromatic heterocycles. The molecule has 0 radical (unpaired) electrons. The number of hydrogen-bond acceptors (Lipinski definition) is 8. The number of nitrogens with two attached hydrogens (primary N) is 2. The number of aromatic nitrogens is 1. The van der Waals surface area contributed by atoms with Crippen molar-refractivity contribution in [1.29, 1.82) is 0 Å². The van der Waals surface area contributed by atoms with Gasteiger partial charge in [-0.2, -0.15) is 0 Å². The normalized spacial score (nSPS) is 8.92. The van der Waals surface area contributed by atoms with Crippen LogP contribution in [0.2, 0.25) is 0 Å². The van der Waals surface area contributed by atoms with Crippen molar-refractivity contribution in [1.82, 2.24) is 4.98 Å². The second-order valence-electron chi connectivity index (χ2n) is 6.20. The highest BCUT2D eigenvalue weighted by Crippen LogP contribution is 2.16. The SMILES string of the molecule is CC.CC.CC.Nc1ccccc1C(=O)OC(=O)c1ccccc1N.O=c1[nH]c2ccccc2c(=O)o1. The zero-order chi connectivity index (χ0) is 28.4. The molecular formula is C28H35N3O6. The highest BCUT2D eigenvalue weighted by atomic mass is 16.6. The third-order valence-corrected chi connectivity index (χ3v) is 4.12. The van der Waals surface area contributed by atoms with E-state index in [1.54, 1.807) is 60.7 Å². The minimum Gasteiger partial charge on any atom is -0.398 e. The number of carbonyl (C=O) groups excluding carboxylic acids is 2. The lowest BCUT2D eigenvalue weighted by atomic mass is 10.1. The number of benzene rings is 3. The third kappa shape index (κ3) is 9.85. The molecule has 0 aliphatic carbocycles. The fourth-order valence-electron chi connectivity index (χ4n) is 2.60. The maximum absolute atomic E-state index is 11.8. The van der Waals surface area contributed by atoms with E-state index in [2.05, 4.69) is 9.40 Å². The Morgan fingerprint density at radius 1 is 0.676 bits per heavy atom. The molecule has 198 valence electrons. The molecule has 9 nitrogen and oxygen atoms in total. The zero-order valence-electron chi connectivity index (χ0n) is 22.0. The molecule has 0 saturated heterocycles.